The van der Waals surface area contributed by atoms with Crippen LogP contribution in [0.2, 0.25) is 0 Å². The van der Waals surface area contributed by atoms with Gasteiger partial charge >= 0.3 is 0 Å². The Morgan fingerprint density at radius 1 is 1.13 bits per heavy atom. The molecule has 2 aromatic heterocycles. The summed E-state index contributed by atoms with van der Waals surface area (Å²) < 4.78 is 5.06. The summed E-state index contributed by atoms with van der Waals surface area (Å²) in [6, 6.07) is 12.2. The predicted octanol–water partition coefficient (Wildman–Crippen LogP) is 3.08. The lowest BCUT2D eigenvalue weighted by Crippen LogP contribution is -2.31. The molecule has 0 spiro atoms. The number of benzene rings is 1. The zero-order valence-electron chi connectivity index (χ0n) is 12.9. The minimum absolute atomic E-state index is 0.649. The summed E-state index contributed by atoms with van der Waals surface area (Å²) in [4.78, 5) is 11.2. The van der Waals surface area contributed by atoms with E-state index in [9.17, 15) is 0 Å². The topological polar surface area (TPSA) is 67.1 Å². The van der Waals surface area contributed by atoms with Crippen LogP contribution < -0.4 is 10.2 Å². The van der Waals surface area contributed by atoms with E-state index in [0.717, 1.165) is 31.2 Å². The molecule has 1 aromatic carbocycles. The highest BCUT2D eigenvalue weighted by atomic mass is 16.5. The van der Waals surface area contributed by atoms with E-state index in [-0.39, 0.29) is 0 Å². The van der Waals surface area contributed by atoms with Gasteiger partial charge in [-0.15, -0.1) is 0 Å². The Kier molecular flexibility index (Phi) is 3.42. The van der Waals surface area contributed by atoms with Gasteiger partial charge < -0.3 is 14.7 Å². The molecule has 1 aliphatic heterocycles. The molecule has 0 saturated carbocycles. The van der Waals surface area contributed by atoms with Crippen molar-refractivity contribution in [1.82, 2.24) is 15.1 Å². The van der Waals surface area contributed by atoms with Crippen molar-refractivity contribution in [3.63, 3.8) is 0 Å². The molecule has 0 fully saturated rings. The molecule has 116 valence electrons. The summed E-state index contributed by atoms with van der Waals surface area (Å²) in [7, 11) is 0. The van der Waals surface area contributed by atoms with Crippen LogP contribution in [0.3, 0.4) is 0 Å². The number of aromatic nitrogens is 3. The lowest BCUT2D eigenvalue weighted by Gasteiger charge is -2.28. The van der Waals surface area contributed by atoms with E-state index in [0.29, 0.717) is 11.6 Å². The number of nitrogens with one attached hydrogen (secondary N) is 1. The molecule has 0 saturated heterocycles. The number of nitrogens with zero attached hydrogens (tertiary/aromatic N) is 4. The van der Waals surface area contributed by atoms with Gasteiger partial charge in [0, 0.05) is 25.4 Å². The summed E-state index contributed by atoms with van der Waals surface area (Å²) in [6.07, 6.45) is 2.78. The van der Waals surface area contributed by atoms with Crippen molar-refractivity contribution < 1.29 is 4.52 Å². The third-order valence-corrected chi connectivity index (χ3v) is 3.94. The largest absolute Gasteiger partial charge is 0.360 e. The van der Waals surface area contributed by atoms with Gasteiger partial charge in [-0.3, -0.25) is 0 Å². The second kappa shape index (κ2) is 5.72. The summed E-state index contributed by atoms with van der Waals surface area (Å²) in [5.41, 5.74) is 2.75. The number of fused-ring (bicyclic) bond motifs is 1. The third-order valence-electron chi connectivity index (χ3n) is 3.94. The zero-order valence-corrected chi connectivity index (χ0v) is 12.9. The van der Waals surface area contributed by atoms with Crippen LogP contribution in [0.25, 0.3) is 0 Å². The molecule has 1 N–H and O–H groups in total. The lowest BCUT2D eigenvalue weighted by molar-refractivity contribution is 0.400. The first-order chi connectivity index (χ1) is 11.3. The molecule has 3 heterocycles. The minimum atomic E-state index is 0.649. The Morgan fingerprint density at radius 3 is 2.83 bits per heavy atom. The summed E-state index contributed by atoms with van der Waals surface area (Å²) >= 11 is 0. The van der Waals surface area contributed by atoms with Crippen molar-refractivity contribution in [2.75, 3.05) is 16.8 Å². The first-order valence-corrected chi connectivity index (χ1v) is 7.63. The van der Waals surface area contributed by atoms with E-state index in [1.807, 2.05) is 19.1 Å². The van der Waals surface area contributed by atoms with Gasteiger partial charge in [0.2, 0.25) is 5.95 Å². The van der Waals surface area contributed by atoms with E-state index in [1.54, 1.807) is 6.20 Å². The van der Waals surface area contributed by atoms with Gasteiger partial charge in [-0.2, -0.15) is 4.98 Å². The quantitative estimate of drug-likeness (QED) is 0.802. The minimum Gasteiger partial charge on any atom is -0.360 e. The van der Waals surface area contributed by atoms with Crippen LogP contribution in [0.15, 0.2) is 47.1 Å². The van der Waals surface area contributed by atoms with Gasteiger partial charge in [0.05, 0.1) is 0 Å². The third kappa shape index (κ3) is 2.88. The molecule has 0 amide bonds. The number of rotatable bonds is 3. The Labute approximate surface area is 134 Å². The zero-order chi connectivity index (χ0) is 15.6. The van der Waals surface area contributed by atoms with Gasteiger partial charge in [-0.25, -0.2) is 4.98 Å². The molecule has 0 unspecified atom stereocenters. The van der Waals surface area contributed by atoms with Crippen molar-refractivity contribution in [1.29, 1.82) is 0 Å². The Hall–Kier alpha value is -2.89. The maximum absolute atomic E-state index is 5.06. The Morgan fingerprint density at radius 2 is 2.00 bits per heavy atom. The van der Waals surface area contributed by atoms with Crippen molar-refractivity contribution >= 4 is 17.6 Å². The van der Waals surface area contributed by atoms with Gasteiger partial charge in [0.15, 0.2) is 5.82 Å². The van der Waals surface area contributed by atoms with E-state index in [2.05, 4.69) is 49.6 Å². The molecule has 1 aliphatic rings. The van der Waals surface area contributed by atoms with Crippen LogP contribution in [0, 0.1) is 6.92 Å². The molecular weight excluding hydrogens is 290 g/mol. The highest BCUT2D eigenvalue weighted by Gasteiger charge is 2.18. The van der Waals surface area contributed by atoms with Crippen LogP contribution in [0.5, 0.6) is 0 Å². The lowest BCUT2D eigenvalue weighted by atomic mass is 10.0. The van der Waals surface area contributed by atoms with Crippen molar-refractivity contribution in [3.8, 4) is 0 Å². The van der Waals surface area contributed by atoms with Crippen LogP contribution in [-0.4, -0.2) is 21.7 Å². The standard InChI is InChI=1S/C17H17N5O/c1-12-10-16(21-23-12)19-15-6-8-18-17(20-15)22-9-7-13-4-2-3-5-14(13)11-22/h2-6,8,10H,7,9,11H2,1H3,(H,18,19,20,21). The van der Waals surface area contributed by atoms with Gasteiger partial charge in [-0.1, -0.05) is 29.4 Å². The summed E-state index contributed by atoms with van der Waals surface area (Å²) in [5.74, 6) is 2.84. The maximum atomic E-state index is 5.06. The fraction of sp³-hybridized carbons (Fsp3) is 0.235. The number of hydrogen-bond acceptors (Lipinski definition) is 6. The van der Waals surface area contributed by atoms with E-state index in [1.165, 1.54) is 11.1 Å². The number of anilines is 3. The molecule has 6 heteroatoms. The predicted molar refractivity (Wildman–Crippen MR) is 87.8 cm³/mol. The van der Waals surface area contributed by atoms with Gasteiger partial charge in [-0.05, 0) is 30.5 Å². The highest BCUT2D eigenvalue weighted by Crippen LogP contribution is 2.23. The molecule has 0 radical (unpaired) electrons. The van der Waals surface area contributed by atoms with E-state index in [4.69, 9.17) is 4.52 Å². The normalized spacial score (nSPS) is 13.7. The second-order valence-electron chi connectivity index (χ2n) is 5.63. The second-order valence-corrected chi connectivity index (χ2v) is 5.63. The van der Waals surface area contributed by atoms with E-state index < -0.39 is 0 Å². The first kappa shape index (κ1) is 13.8. The Bertz CT molecular complexity index is 829. The molecule has 4 rings (SSSR count). The molecule has 0 bridgehead atoms. The number of hydrogen-bond donors (Lipinski definition) is 1. The fourth-order valence-corrected chi connectivity index (χ4v) is 2.79. The molecule has 0 atom stereocenters. The van der Waals surface area contributed by atoms with Gasteiger partial charge in [0.25, 0.3) is 0 Å². The fourth-order valence-electron chi connectivity index (χ4n) is 2.79. The Balaban J connectivity index is 1.55. The van der Waals surface area contributed by atoms with Crippen molar-refractivity contribution in [3.05, 3.63) is 59.5 Å². The highest BCUT2D eigenvalue weighted by molar-refractivity contribution is 5.53. The summed E-state index contributed by atoms with van der Waals surface area (Å²) in [6.45, 7) is 3.61. The first-order valence-electron chi connectivity index (χ1n) is 7.63. The monoisotopic (exact) mass is 307 g/mol. The van der Waals surface area contributed by atoms with Crippen molar-refractivity contribution in [2.45, 2.75) is 19.9 Å². The molecule has 3 aromatic rings. The van der Waals surface area contributed by atoms with Crippen LogP contribution >= 0.6 is 0 Å². The van der Waals surface area contributed by atoms with Crippen molar-refractivity contribution in [2.24, 2.45) is 0 Å². The summed E-state index contributed by atoms with van der Waals surface area (Å²) in [5, 5.41) is 7.06. The van der Waals surface area contributed by atoms with Crippen LogP contribution in [0.1, 0.15) is 16.9 Å². The van der Waals surface area contributed by atoms with E-state index >= 15 is 0 Å². The SMILES string of the molecule is Cc1cc(Nc2ccnc(N3CCc4ccccc4C3)n2)no1. The smallest absolute Gasteiger partial charge is 0.227 e. The van der Waals surface area contributed by atoms with Crippen LogP contribution in [-0.2, 0) is 13.0 Å². The number of aryl methyl sites for hydroxylation is 1. The van der Waals surface area contributed by atoms with Crippen LogP contribution in [0.4, 0.5) is 17.6 Å². The molecule has 0 aliphatic carbocycles. The van der Waals surface area contributed by atoms with Gasteiger partial charge in [0.1, 0.15) is 11.6 Å². The maximum Gasteiger partial charge on any atom is 0.227 e. The average molecular weight is 307 g/mol. The molecule has 23 heavy (non-hydrogen) atoms. The average Bonchev–Trinajstić information content (AvgIpc) is 2.99. The molecule has 6 nitrogen and oxygen atoms in total. The molecular formula is C17H17N5O.